The number of rotatable bonds is 5. The summed E-state index contributed by atoms with van der Waals surface area (Å²) in [5.74, 6) is 2.21. The highest BCUT2D eigenvalue weighted by molar-refractivity contribution is 5.92. The van der Waals surface area contributed by atoms with E-state index in [0.717, 1.165) is 16.9 Å². The number of ether oxygens (including phenoxy) is 3. The van der Waals surface area contributed by atoms with Crippen molar-refractivity contribution < 1.29 is 19.0 Å². The molecule has 0 fully saturated rings. The lowest BCUT2D eigenvalue weighted by molar-refractivity contribution is -0.118. The molecule has 1 N–H and O–H groups in total. The van der Waals surface area contributed by atoms with E-state index in [1.807, 2.05) is 19.1 Å². The predicted octanol–water partition coefficient (Wildman–Crippen LogP) is 3.91. The zero-order chi connectivity index (χ0) is 17.8. The van der Waals surface area contributed by atoms with E-state index in [2.05, 4.69) is 25.2 Å². The van der Waals surface area contributed by atoms with Crippen LogP contribution in [0.15, 0.2) is 36.4 Å². The molecule has 0 aromatic heterocycles. The van der Waals surface area contributed by atoms with Gasteiger partial charge in [0, 0.05) is 11.8 Å². The molecule has 132 valence electrons. The lowest BCUT2D eigenvalue weighted by atomic mass is 10.0. The van der Waals surface area contributed by atoms with Gasteiger partial charge in [0.15, 0.2) is 18.1 Å². The molecule has 3 rings (SSSR count). The number of nitrogens with one attached hydrogen (secondary N) is 1. The summed E-state index contributed by atoms with van der Waals surface area (Å²) in [6.07, 6.45) is 0. The maximum absolute atomic E-state index is 12.2. The van der Waals surface area contributed by atoms with Crippen LogP contribution in [0.2, 0.25) is 0 Å². The molecule has 2 aromatic carbocycles. The quantitative estimate of drug-likeness (QED) is 0.896. The fourth-order valence-corrected chi connectivity index (χ4v) is 2.71. The maximum Gasteiger partial charge on any atom is 0.262 e. The van der Waals surface area contributed by atoms with E-state index in [1.165, 1.54) is 0 Å². The third-order valence-electron chi connectivity index (χ3n) is 3.98. The van der Waals surface area contributed by atoms with Crippen molar-refractivity contribution in [3.8, 4) is 17.2 Å². The summed E-state index contributed by atoms with van der Waals surface area (Å²) >= 11 is 0. The Balaban J connectivity index is 1.63. The molecular formula is C20H23NO4. The average molecular weight is 341 g/mol. The highest BCUT2D eigenvalue weighted by Gasteiger charge is 2.14. The zero-order valence-electron chi connectivity index (χ0n) is 14.8. The monoisotopic (exact) mass is 341 g/mol. The Bertz CT molecular complexity index is 770. The van der Waals surface area contributed by atoms with Crippen molar-refractivity contribution in [1.82, 2.24) is 0 Å². The van der Waals surface area contributed by atoms with E-state index in [1.54, 1.807) is 18.2 Å². The second-order valence-electron chi connectivity index (χ2n) is 6.39. The van der Waals surface area contributed by atoms with Crippen LogP contribution in [0.25, 0.3) is 0 Å². The van der Waals surface area contributed by atoms with Crippen LogP contribution in [0.4, 0.5) is 5.69 Å². The minimum Gasteiger partial charge on any atom is -0.486 e. The van der Waals surface area contributed by atoms with Gasteiger partial charge in [-0.25, -0.2) is 0 Å². The lowest BCUT2D eigenvalue weighted by Crippen LogP contribution is -2.21. The molecule has 0 atom stereocenters. The molecule has 0 saturated carbocycles. The van der Waals surface area contributed by atoms with Crippen LogP contribution >= 0.6 is 0 Å². The molecular weight excluding hydrogens is 318 g/mol. The van der Waals surface area contributed by atoms with Gasteiger partial charge in [0.2, 0.25) is 0 Å². The topological polar surface area (TPSA) is 56.8 Å². The standard InChI is InChI=1S/C20H23NO4/c1-13(2)16-6-4-14(3)10-18(16)25-12-20(22)21-15-5-7-17-19(11-15)24-9-8-23-17/h4-7,10-11,13H,8-9,12H2,1-3H3,(H,21,22). The Morgan fingerprint density at radius 3 is 2.64 bits per heavy atom. The summed E-state index contributed by atoms with van der Waals surface area (Å²) in [6.45, 7) is 7.23. The summed E-state index contributed by atoms with van der Waals surface area (Å²) in [4.78, 5) is 12.2. The van der Waals surface area contributed by atoms with Crippen LogP contribution in [0.1, 0.15) is 30.9 Å². The molecule has 5 heteroatoms. The maximum atomic E-state index is 12.2. The van der Waals surface area contributed by atoms with E-state index in [-0.39, 0.29) is 12.5 Å². The average Bonchev–Trinajstić information content (AvgIpc) is 2.59. The van der Waals surface area contributed by atoms with Crippen molar-refractivity contribution in [2.75, 3.05) is 25.1 Å². The van der Waals surface area contributed by atoms with Gasteiger partial charge in [-0.15, -0.1) is 0 Å². The van der Waals surface area contributed by atoms with E-state index in [4.69, 9.17) is 14.2 Å². The molecule has 0 spiro atoms. The third kappa shape index (κ3) is 4.24. The smallest absolute Gasteiger partial charge is 0.262 e. The second-order valence-corrected chi connectivity index (χ2v) is 6.39. The Kier molecular flexibility index (Phi) is 5.12. The molecule has 0 unspecified atom stereocenters. The first-order valence-electron chi connectivity index (χ1n) is 8.46. The number of anilines is 1. The van der Waals surface area contributed by atoms with Crippen LogP contribution in [0, 0.1) is 6.92 Å². The van der Waals surface area contributed by atoms with Gasteiger partial charge in [-0.3, -0.25) is 4.79 Å². The fraction of sp³-hybridized carbons (Fsp3) is 0.350. The molecule has 1 amide bonds. The largest absolute Gasteiger partial charge is 0.486 e. The van der Waals surface area contributed by atoms with Gasteiger partial charge < -0.3 is 19.5 Å². The van der Waals surface area contributed by atoms with Crippen LogP contribution in [-0.2, 0) is 4.79 Å². The number of carbonyl (C=O) groups is 1. The van der Waals surface area contributed by atoms with E-state index >= 15 is 0 Å². The van der Waals surface area contributed by atoms with E-state index in [9.17, 15) is 4.79 Å². The number of carbonyl (C=O) groups excluding carboxylic acids is 1. The summed E-state index contributed by atoms with van der Waals surface area (Å²) in [5, 5.41) is 2.83. The van der Waals surface area contributed by atoms with Gasteiger partial charge in [-0.05, 0) is 42.2 Å². The number of hydrogen-bond acceptors (Lipinski definition) is 4. The highest BCUT2D eigenvalue weighted by Crippen LogP contribution is 2.32. The zero-order valence-corrected chi connectivity index (χ0v) is 14.8. The van der Waals surface area contributed by atoms with Crippen molar-refractivity contribution >= 4 is 11.6 Å². The van der Waals surface area contributed by atoms with Gasteiger partial charge in [-0.1, -0.05) is 26.0 Å². The molecule has 0 aliphatic carbocycles. The van der Waals surface area contributed by atoms with Crippen molar-refractivity contribution in [3.63, 3.8) is 0 Å². The second kappa shape index (κ2) is 7.47. The van der Waals surface area contributed by atoms with Crippen LogP contribution in [0.5, 0.6) is 17.2 Å². The Morgan fingerprint density at radius 1 is 1.12 bits per heavy atom. The lowest BCUT2D eigenvalue weighted by Gasteiger charge is -2.19. The molecule has 1 heterocycles. The van der Waals surface area contributed by atoms with Crippen LogP contribution in [0.3, 0.4) is 0 Å². The van der Waals surface area contributed by atoms with Crippen molar-refractivity contribution in [2.24, 2.45) is 0 Å². The first-order chi connectivity index (χ1) is 12.0. The van der Waals surface area contributed by atoms with Gasteiger partial charge in [-0.2, -0.15) is 0 Å². The van der Waals surface area contributed by atoms with Crippen molar-refractivity contribution in [3.05, 3.63) is 47.5 Å². The first kappa shape index (κ1) is 17.1. The molecule has 5 nitrogen and oxygen atoms in total. The summed E-state index contributed by atoms with van der Waals surface area (Å²) in [7, 11) is 0. The highest BCUT2D eigenvalue weighted by atomic mass is 16.6. The molecule has 0 saturated heterocycles. The molecule has 0 bridgehead atoms. The number of aryl methyl sites for hydroxylation is 1. The van der Waals surface area contributed by atoms with Gasteiger partial charge in [0.1, 0.15) is 19.0 Å². The van der Waals surface area contributed by atoms with E-state index in [0.29, 0.717) is 36.3 Å². The SMILES string of the molecule is Cc1ccc(C(C)C)c(OCC(=O)Nc2ccc3c(c2)OCCO3)c1. The fourth-order valence-electron chi connectivity index (χ4n) is 2.71. The van der Waals surface area contributed by atoms with Crippen molar-refractivity contribution in [1.29, 1.82) is 0 Å². The Labute approximate surface area is 147 Å². The van der Waals surface area contributed by atoms with Crippen molar-refractivity contribution in [2.45, 2.75) is 26.7 Å². The normalized spacial score (nSPS) is 12.8. The minimum atomic E-state index is -0.215. The molecule has 1 aliphatic rings. The minimum absolute atomic E-state index is 0.0440. The summed E-state index contributed by atoms with van der Waals surface area (Å²) in [6, 6.07) is 11.4. The third-order valence-corrected chi connectivity index (χ3v) is 3.98. The predicted molar refractivity (Wildman–Crippen MR) is 96.8 cm³/mol. The number of benzene rings is 2. The van der Waals surface area contributed by atoms with Gasteiger partial charge >= 0.3 is 0 Å². The van der Waals surface area contributed by atoms with Crippen LogP contribution in [-0.4, -0.2) is 25.7 Å². The summed E-state index contributed by atoms with van der Waals surface area (Å²) < 4.78 is 16.8. The van der Waals surface area contributed by atoms with E-state index < -0.39 is 0 Å². The molecule has 2 aromatic rings. The number of hydrogen-bond donors (Lipinski definition) is 1. The van der Waals surface area contributed by atoms with Crippen LogP contribution < -0.4 is 19.5 Å². The Hall–Kier alpha value is -2.69. The van der Waals surface area contributed by atoms with Gasteiger partial charge in [0.05, 0.1) is 0 Å². The number of fused-ring (bicyclic) bond motifs is 1. The molecule has 0 radical (unpaired) electrons. The number of amides is 1. The Morgan fingerprint density at radius 2 is 1.88 bits per heavy atom. The van der Waals surface area contributed by atoms with Gasteiger partial charge in [0.25, 0.3) is 5.91 Å². The first-order valence-corrected chi connectivity index (χ1v) is 8.46. The molecule has 1 aliphatic heterocycles. The molecule has 25 heavy (non-hydrogen) atoms. The summed E-state index contributed by atoms with van der Waals surface area (Å²) in [5.41, 5.74) is 2.86.